The molecule has 4 heteroatoms. The Morgan fingerprint density at radius 2 is 2.23 bits per heavy atom. The van der Waals surface area contributed by atoms with Crippen LogP contribution in [0.2, 0.25) is 0 Å². The van der Waals surface area contributed by atoms with Crippen molar-refractivity contribution in [3.8, 4) is 0 Å². The summed E-state index contributed by atoms with van der Waals surface area (Å²) >= 11 is -1.32. The lowest BCUT2D eigenvalue weighted by atomic mass is 10.2. The van der Waals surface area contributed by atoms with E-state index in [1.54, 1.807) is 0 Å². The van der Waals surface area contributed by atoms with Gasteiger partial charge in [-0.2, -0.15) is 5.14 Å². The summed E-state index contributed by atoms with van der Waals surface area (Å²) in [5, 5.41) is 5.30. The maximum Gasteiger partial charge on any atom is 0.157 e. The van der Waals surface area contributed by atoms with Crippen LogP contribution in [0, 0.1) is 0 Å². The molecule has 1 unspecified atom stereocenters. The molecule has 0 radical (unpaired) electrons. The quantitative estimate of drug-likeness (QED) is 0.538. The number of hydrogen-bond donors (Lipinski definition) is 1. The van der Waals surface area contributed by atoms with Gasteiger partial charge in [0.2, 0.25) is 0 Å². The van der Waals surface area contributed by atoms with Crippen molar-refractivity contribution in [1.82, 2.24) is 0 Å². The topological polar surface area (TPSA) is 58.3 Å². The molecule has 3 nitrogen and oxygen atoms in total. The lowest BCUT2D eigenvalue weighted by molar-refractivity contribution is 0.147. The Morgan fingerprint density at radius 1 is 1.62 bits per heavy atom. The third-order valence-electron chi connectivity index (χ3n) is 1.99. The van der Waals surface area contributed by atoms with E-state index in [-0.39, 0.29) is 0 Å². The van der Waals surface area contributed by atoms with E-state index in [0.29, 0.717) is 12.7 Å². The van der Waals surface area contributed by atoms with Crippen molar-refractivity contribution in [3.63, 3.8) is 0 Å². The summed E-state index contributed by atoms with van der Waals surface area (Å²) in [6.07, 6.45) is 6.57. The van der Waals surface area contributed by atoms with Gasteiger partial charge < -0.3 is 9.29 Å². The van der Waals surface area contributed by atoms with Gasteiger partial charge in [-0.1, -0.05) is 6.08 Å². The maximum atomic E-state index is 11.0. The number of rotatable bonds is 5. The minimum absolute atomic E-state index is 0.451. The molecule has 1 fully saturated rings. The summed E-state index contributed by atoms with van der Waals surface area (Å²) < 4.78 is 16.0. The minimum atomic E-state index is -1.32. The molecule has 2 N–H and O–H groups in total. The Hall–Kier alpha value is -0.0300. The summed E-state index contributed by atoms with van der Waals surface area (Å²) in [4.78, 5) is 0. The zero-order valence-electron chi connectivity index (χ0n) is 8.16. The molecule has 0 aromatic heterocycles. The SMILES string of the molecule is CC(C)(C=CCOC1CC1)[S+](N)[O-]. The van der Waals surface area contributed by atoms with E-state index in [0.717, 1.165) is 0 Å². The van der Waals surface area contributed by atoms with Crippen LogP contribution in [0.5, 0.6) is 0 Å². The highest BCUT2D eigenvalue weighted by atomic mass is 32.2. The Kier molecular flexibility index (Phi) is 3.79. The van der Waals surface area contributed by atoms with Crippen LogP contribution in [0.15, 0.2) is 12.2 Å². The van der Waals surface area contributed by atoms with Crippen molar-refractivity contribution >= 4 is 11.4 Å². The first-order valence-corrected chi connectivity index (χ1v) is 5.69. The molecule has 1 rings (SSSR count). The molecule has 1 aliphatic carbocycles. The van der Waals surface area contributed by atoms with Crippen molar-refractivity contribution in [2.75, 3.05) is 6.61 Å². The normalized spacial score (nSPS) is 20.9. The molecule has 13 heavy (non-hydrogen) atoms. The van der Waals surface area contributed by atoms with Gasteiger partial charge in [-0.25, -0.2) is 0 Å². The van der Waals surface area contributed by atoms with E-state index >= 15 is 0 Å². The van der Waals surface area contributed by atoms with Gasteiger partial charge in [-0.05, 0) is 32.8 Å². The minimum Gasteiger partial charge on any atom is -0.598 e. The number of hydrogen-bond acceptors (Lipinski definition) is 3. The van der Waals surface area contributed by atoms with Gasteiger partial charge in [-0.15, -0.1) is 0 Å². The molecule has 0 aromatic rings. The molecule has 0 bridgehead atoms. The number of nitrogens with two attached hydrogens (primary N) is 1. The monoisotopic (exact) mass is 203 g/mol. The molecule has 1 saturated carbocycles. The van der Waals surface area contributed by atoms with Crippen LogP contribution in [-0.2, 0) is 16.1 Å². The summed E-state index contributed by atoms with van der Waals surface area (Å²) in [6.45, 7) is 4.29. The first-order chi connectivity index (χ1) is 6.02. The second-order valence-electron chi connectivity index (χ2n) is 3.84. The Labute approximate surface area is 82.6 Å². The van der Waals surface area contributed by atoms with Gasteiger partial charge in [0.25, 0.3) is 0 Å². The molecule has 1 aliphatic rings. The van der Waals surface area contributed by atoms with E-state index in [4.69, 9.17) is 9.88 Å². The Bertz CT molecular complexity index is 188. The van der Waals surface area contributed by atoms with Gasteiger partial charge in [0, 0.05) is 11.4 Å². The fourth-order valence-electron chi connectivity index (χ4n) is 0.825. The van der Waals surface area contributed by atoms with E-state index in [1.165, 1.54) is 12.8 Å². The highest BCUT2D eigenvalue weighted by Crippen LogP contribution is 2.23. The molecule has 0 heterocycles. The Balaban J connectivity index is 2.19. The molecule has 76 valence electrons. The molecule has 0 aromatic carbocycles. The molecular weight excluding hydrogens is 186 g/mol. The van der Waals surface area contributed by atoms with Crippen LogP contribution in [0.3, 0.4) is 0 Å². The first-order valence-electron chi connectivity index (χ1n) is 4.48. The van der Waals surface area contributed by atoms with Gasteiger partial charge in [0.05, 0.1) is 12.7 Å². The summed E-state index contributed by atoms with van der Waals surface area (Å²) in [5.74, 6) is 0. The fourth-order valence-corrected chi connectivity index (χ4v) is 1.06. The van der Waals surface area contributed by atoms with Crippen molar-refractivity contribution in [3.05, 3.63) is 12.2 Å². The van der Waals surface area contributed by atoms with Crippen LogP contribution in [-0.4, -0.2) is 22.0 Å². The van der Waals surface area contributed by atoms with Crippen molar-refractivity contribution < 1.29 is 9.29 Å². The lowest BCUT2D eigenvalue weighted by Gasteiger charge is -2.19. The van der Waals surface area contributed by atoms with Crippen LogP contribution < -0.4 is 5.14 Å². The van der Waals surface area contributed by atoms with E-state index in [2.05, 4.69) is 0 Å². The van der Waals surface area contributed by atoms with Crippen LogP contribution in [0.1, 0.15) is 26.7 Å². The average Bonchev–Trinajstić information content (AvgIpc) is 2.81. The third kappa shape index (κ3) is 4.13. The molecule has 0 aliphatic heterocycles. The number of ether oxygens (including phenoxy) is 1. The van der Waals surface area contributed by atoms with Gasteiger partial charge in [0.15, 0.2) is 4.75 Å². The van der Waals surface area contributed by atoms with Crippen molar-refractivity contribution in [2.24, 2.45) is 5.14 Å². The average molecular weight is 203 g/mol. The highest BCUT2D eigenvalue weighted by Gasteiger charge is 2.26. The Morgan fingerprint density at radius 3 is 2.69 bits per heavy atom. The lowest BCUT2D eigenvalue weighted by Crippen LogP contribution is -2.35. The molecule has 0 amide bonds. The van der Waals surface area contributed by atoms with Gasteiger partial charge in [0.1, 0.15) is 0 Å². The summed E-state index contributed by atoms with van der Waals surface area (Å²) in [5.41, 5.74) is 0. The fraction of sp³-hybridized carbons (Fsp3) is 0.778. The smallest absolute Gasteiger partial charge is 0.157 e. The summed E-state index contributed by atoms with van der Waals surface area (Å²) in [6, 6.07) is 0. The van der Waals surface area contributed by atoms with Crippen LogP contribution in [0.25, 0.3) is 0 Å². The van der Waals surface area contributed by atoms with Crippen LogP contribution in [0.4, 0.5) is 0 Å². The van der Waals surface area contributed by atoms with Gasteiger partial charge in [-0.3, -0.25) is 0 Å². The molecule has 1 atom stereocenters. The predicted octanol–water partition coefficient (Wildman–Crippen LogP) is 1.12. The largest absolute Gasteiger partial charge is 0.598 e. The first kappa shape index (κ1) is 11.0. The molecule has 0 spiro atoms. The highest BCUT2D eigenvalue weighted by molar-refractivity contribution is 7.90. The van der Waals surface area contributed by atoms with E-state index < -0.39 is 16.1 Å². The zero-order chi connectivity index (χ0) is 9.90. The third-order valence-corrected chi connectivity index (χ3v) is 3.16. The molecule has 0 saturated heterocycles. The second kappa shape index (κ2) is 4.46. The van der Waals surface area contributed by atoms with E-state index in [9.17, 15) is 4.55 Å². The zero-order valence-corrected chi connectivity index (χ0v) is 8.97. The predicted molar refractivity (Wildman–Crippen MR) is 54.5 cm³/mol. The van der Waals surface area contributed by atoms with Crippen molar-refractivity contribution in [2.45, 2.75) is 37.5 Å². The maximum absolute atomic E-state index is 11.0. The van der Waals surface area contributed by atoms with Crippen LogP contribution >= 0.6 is 0 Å². The summed E-state index contributed by atoms with van der Waals surface area (Å²) in [7, 11) is 0. The standard InChI is InChI=1S/C9H17NO2S/c1-9(2,13(10)11)6-3-7-12-8-4-5-8/h3,6,8H,4-5,7,10H2,1-2H3. The van der Waals surface area contributed by atoms with Crippen molar-refractivity contribution in [1.29, 1.82) is 0 Å². The molecular formula is C9H17NO2S. The van der Waals surface area contributed by atoms with Gasteiger partial charge >= 0.3 is 0 Å². The van der Waals surface area contributed by atoms with E-state index in [1.807, 2.05) is 26.0 Å². The second-order valence-corrected chi connectivity index (χ2v) is 5.48.